The number of likely N-dealkylation sites (N-methyl/N-ethyl adjacent to an activating group) is 1. The Labute approximate surface area is 221 Å². The van der Waals surface area contributed by atoms with Crippen LogP contribution in [0, 0.1) is 6.92 Å². The highest BCUT2D eigenvalue weighted by atomic mass is 79.9. The van der Waals surface area contributed by atoms with Gasteiger partial charge in [0.05, 0.1) is 10.6 Å². The molecule has 0 saturated heterocycles. The minimum atomic E-state index is -4.06. The number of carbonyl (C=O) groups excluding carboxylic acids is 2. The monoisotopic (exact) mass is 571 g/mol. The van der Waals surface area contributed by atoms with Gasteiger partial charge in [0.1, 0.15) is 12.6 Å². The van der Waals surface area contributed by atoms with Crippen LogP contribution < -0.4 is 9.62 Å². The van der Waals surface area contributed by atoms with E-state index in [0.717, 1.165) is 19.9 Å². The minimum absolute atomic E-state index is 0.0824. The van der Waals surface area contributed by atoms with Gasteiger partial charge in [0.25, 0.3) is 10.0 Å². The summed E-state index contributed by atoms with van der Waals surface area (Å²) >= 11 is 3.37. The van der Waals surface area contributed by atoms with Crippen LogP contribution in [0.25, 0.3) is 0 Å². The molecule has 0 unspecified atom stereocenters. The van der Waals surface area contributed by atoms with Crippen LogP contribution in [-0.4, -0.2) is 51.3 Å². The Morgan fingerprint density at radius 1 is 0.944 bits per heavy atom. The van der Waals surface area contributed by atoms with E-state index in [4.69, 9.17) is 0 Å². The molecular formula is C27H30BrN3O4S. The lowest BCUT2D eigenvalue weighted by molar-refractivity contribution is -0.138. The molecule has 0 aliphatic rings. The smallest absolute Gasteiger partial charge is 0.264 e. The predicted octanol–water partition coefficient (Wildman–Crippen LogP) is 4.16. The first-order chi connectivity index (χ1) is 17.1. The number of halogens is 1. The average molecular weight is 573 g/mol. The Morgan fingerprint density at radius 3 is 2.14 bits per heavy atom. The van der Waals surface area contributed by atoms with Crippen molar-refractivity contribution in [3.05, 3.63) is 94.5 Å². The van der Waals surface area contributed by atoms with Gasteiger partial charge in [-0.15, -0.1) is 0 Å². The molecule has 0 aliphatic heterocycles. The topological polar surface area (TPSA) is 86.8 Å². The molecule has 190 valence electrons. The van der Waals surface area contributed by atoms with Crippen molar-refractivity contribution in [1.29, 1.82) is 0 Å². The van der Waals surface area contributed by atoms with Crippen LogP contribution in [0.3, 0.4) is 0 Å². The normalized spacial score (nSPS) is 12.0. The molecule has 2 amide bonds. The van der Waals surface area contributed by atoms with Crippen LogP contribution in [0.1, 0.15) is 18.1 Å². The molecule has 0 radical (unpaired) electrons. The zero-order chi connectivity index (χ0) is 26.3. The molecule has 9 heteroatoms. The van der Waals surface area contributed by atoms with E-state index in [9.17, 15) is 18.0 Å². The number of nitrogens with zero attached hydrogens (tertiary/aromatic N) is 2. The molecule has 0 saturated carbocycles. The van der Waals surface area contributed by atoms with Crippen LogP contribution in [0.2, 0.25) is 0 Å². The Hall–Kier alpha value is -3.17. The second-order valence-corrected chi connectivity index (χ2v) is 11.2. The number of nitrogens with one attached hydrogen (secondary N) is 1. The van der Waals surface area contributed by atoms with Crippen molar-refractivity contribution in [2.24, 2.45) is 0 Å². The van der Waals surface area contributed by atoms with E-state index >= 15 is 0 Å². The molecule has 0 fully saturated rings. The molecule has 0 aliphatic carbocycles. The maximum Gasteiger partial charge on any atom is 0.264 e. The summed E-state index contributed by atoms with van der Waals surface area (Å²) < 4.78 is 29.3. The van der Waals surface area contributed by atoms with E-state index in [1.54, 1.807) is 43.3 Å². The Kier molecular flexibility index (Phi) is 9.28. The van der Waals surface area contributed by atoms with E-state index < -0.39 is 28.5 Å². The molecule has 3 rings (SSSR count). The van der Waals surface area contributed by atoms with E-state index in [1.807, 2.05) is 37.3 Å². The van der Waals surface area contributed by atoms with Gasteiger partial charge in [-0.3, -0.25) is 13.9 Å². The number of sulfonamides is 1. The van der Waals surface area contributed by atoms with Gasteiger partial charge in [0, 0.05) is 18.1 Å². The maximum absolute atomic E-state index is 13.7. The number of anilines is 1. The van der Waals surface area contributed by atoms with Crippen molar-refractivity contribution >= 4 is 43.5 Å². The number of hydrogen-bond donors (Lipinski definition) is 1. The molecular weight excluding hydrogens is 542 g/mol. The van der Waals surface area contributed by atoms with Gasteiger partial charge in [0.2, 0.25) is 11.8 Å². The van der Waals surface area contributed by atoms with E-state index in [1.165, 1.54) is 24.1 Å². The van der Waals surface area contributed by atoms with Gasteiger partial charge in [-0.2, -0.15) is 0 Å². The third-order valence-electron chi connectivity index (χ3n) is 5.90. The Morgan fingerprint density at radius 2 is 1.56 bits per heavy atom. The molecule has 0 heterocycles. The van der Waals surface area contributed by atoms with Crippen molar-refractivity contribution in [3.8, 4) is 0 Å². The first kappa shape index (κ1) is 27.4. The summed E-state index contributed by atoms with van der Waals surface area (Å²) in [6.45, 7) is 3.32. The predicted molar refractivity (Wildman–Crippen MR) is 145 cm³/mol. The van der Waals surface area contributed by atoms with Crippen LogP contribution in [0.15, 0.2) is 88.2 Å². The Bertz CT molecular complexity index is 1280. The fourth-order valence-corrected chi connectivity index (χ4v) is 5.43. The zero-order valence-electron chi connectivity index (χ0n) is 20.5. The molecule has 36 heavy (non-hydrogen) atoms. The second-order valence-electron chi connectivity index (χ2n) is 8.41. The van der Waals surface area contributed by atoms with Crippen molar-refractivity contribution < 1.29 is 18.0 Å². The van der Waals surface area contributed by atoms with E-state index in [0.29, 0.717) is 12.1 Å². The summed E-state index contributed by atoms with van der Waals surface area (Å²) in [6.07, 6.45) is 0.525. The van der Waals surface area contributed by atoms with Crippen molar-refractivity contribution in [2.75, 3.05) is 24.4 Å². The van der Waals surface area contributed by atoms with Crippen LogP contribution >= 0.6 is 15.9 Å². The second kappa shape index (κ2) is 12.2. The number of rotatable bonds is 10. The van der Waals surface area contributed by atoms with Gasteiger partial charge in [-0.25, -0.2) is 8.42 Å². The fourth-order valence-electron chi connectivity index (χ4n) is 3.75. The molecule has 0 bridgehead atoms. The van der Waals surface area contributed by atoms with Crippen LogP contribution in [0.4, 0.5) is 5.69 Å². The third-order valence-corrected chi connectivity index (χ3v) is 8.22. The van der Waals surface area contributed by atoms with Crippen molar-refractivity contribution in [2.45, 2.75) is 31.2 Å². The van der Waals surface area contributed by atoms with Crippen molar-refractivity contribution in [1.82, 2.24) is 10.2 Å². The number of hydrogen-bond acceptors (Lipinski definition) is 4. The van der Waals surface area contributed by atoms with E-state index in [-0.39, 0.29) is 17.3 Å². The van der Waals surface area contributed by atoms with Gasteiger partial charge < -0.3 is 10.2 Å². The fraction of sp³-hybridized carbons (Fsp3) is 0.259. The summed E-state index contributed by atoms with van der Waals surface area (Å²) in [7, 11) is -2.55. The maximum atomic E-state index is 13.7. The van der Waals surface area contributed by atoms with Gasteiger partial charge in [-0.05, 0) is 62.2 Å². The molecule has 1 atom stereocenters. The molecule has 3 aromatic rings. The lowest BCUT2D eigenvalue weighted by atomic mass is 10.1. The average Bonchev–Trinajstić information content (AvgIpc) is 2.88. The summed E-state index contributed by atoms with van der Waals surface area (Å²) in [4.78, 5) is 27.6. The highest BCUT2D eigenvalue weighted by Gasteiger charge is 2.32. The third kappa shape index (κ3) is 6.73. The highest BCUT2D eigenvalue weighted by molar-refractivity contribution is 9.10. The first-order valence-electron chi connectivity index (χ1n) is 11.5. The minimum Gasteiger partial charge on any atom is -0.357 e. The van der Waals surface area contributed by atoms with Crippen LogP contribution in [0.5, 0.6) is 0 Å². The SMILES string of the molecule is CNC(=O)[C@H](C)N(CCc1ccccc1)C(=O)CN(c1ccc(Br)cc1)S(=O)(=O)c1ccc(C)cc1. The lowest BCUT2D eigenvalue weighted by Crippen LogP contribution is -2.51. The number of aryl methyl sites for hydroxylation is 1. The lowest BCUT2D eigenvalue weighted by Gasteiger charge is -2.31. The summed E-state index contributed by atoms with van der Waals surface area (Å²) in [5, 5.41) is 2.58. The molecule has 3 aromatic carbocycles. The number of benzene rings is 3. The van der Waals surface area contributed by atoms with Gasteiger partial charge in [0.15, 0.2) is 0 Å². The van der Waals surface area contributed by atoms with E-state index in [2.05, 4.69) is 21.2 Å². The molecule has 0 aromatic heterocycles. The molecule has 1 N–H and O–H groups in total. The Balaban J connectivity index is 1.96. The molecule has 7 nitrogen and oxygen atoms in total. The zero-order valence-corrected chi connectivity index (χ0v) is 22.9. The van der Waals surface area contributed by atoms with Crippen LogP contribution in [-0.2, 0) is 26.0 Å². The summed E-state index contributed by atoms with van der Waals surface area (Å²) in [5.74, 6) is -0.798. The quantitative estimate of drug-likeness (QED) is 0.396. The van der Waals surface area contributed by atoms with Gasteiger partial charge >= 0.3 is 0 Å². The van der Waals surface area contributed by atoms with Crippen molar-refractivity contribution in [3.63, 3.8) is 0 Å². The number of carbonyl (C=O) groups is 2. The standard InChI is InChI=1S/C27H30BrN3O4S/c1-20-9-15-25(16-10-20)36(34,35)31(24-13-11-23(28)12-14-24)19-26(32)30(21(2)27(33)29-3)18-17-22-7-5-4-6-8-22/h4-16,21H,17-19H2,1-3H3,(H,29,33)/t21-/m0/s1. The highest BCUT2D eigenvalue weighted by Crippen LogP contribution is 2.26. The largest absolute Gasteiger partial charge is 0.357 e. The number of amides is 2. The first-order valence-corrected chi connectivity index (χ1v) is 13.8. The summed E-state index contributed by atoms with van der Waals surface area (Å²) in [6, 6.07) is 22.1. The summed E-state index contributed by atoms with van der Waals surface area (Å²) in [5.41, 5.74) is 2.28. The van der Waals surface area contributed by atoms with Gasteiger partial charge in [-0.1, -0.05) is 64.0 Å². The molecule has 0 spiro atoms.